The molecule has 84 valence electrons. The van der Waals surface area contributed by atoms with Crippen LogP contribution >= 0.6 is 22.6 Å². The maximum absolute atomic E-state index is 11.5. The Kier molecular flexibility index (Phi) is 9.88. The first-order valence-electron chi connectivity index (χ1n) is 5.56. The van der Waals surface area contributed by atoms with E-state index in [0.29, 0.717) is 0 Å². The number of unbranched alkanes of at least 4 members (excludes halogenated alkanes) is 2. The van der Waals surface area contributed by atoms with Crippen LogP contribution in [-0.2, 0) is 4.79 Å². The number of hydrogen-bond acceptors (Lipinski definition) is 1. The molecule has 1 amide bonds. The van der Waals surface area contributed by atoms with Crippen LogP contribution in [0.15, 0.2) is 0 Å². The number of halogens is 1. The average molecular weight is 311 g/mol. The maximum atomic E-state index is 11.5. The lowest BCUT2D eigenvalue weighted by Crippen LogP contribution is -2.29. The Morgan fingerprint density at radius 1 is 1.36 bits per heavy atom. The summed E-state index contributed by atoms with van der Waals surface area (Å²) in [5, 5.41) is 2.98. The van der Waals surface area contributed by atoms with Gasteiger partial charge in [0.25, 0.3) is 0 Å². The van der Waals surface area contributed by atoms with Gasteiger partial charge in [-0.15, -0.1) is 0 Å². The molecule has 0 aromatic carbocycles. The lowest BCUT2D eigenvalue weighted by Gasteiger charge is -2.10. The highest BCUT2D eigenvalue weighted by atomic mass is 127. The molecular weight excluding hydrogens is 289 g/mol. The highest BCUT2D eigenvalue weighted by Crippen LogP contribution is 2.04. The summed E-state index contributed by atoms with van der Waals surface area (Å²) in [7, 11) is 0. The van der Waals surface area contributed by atoms with Crippen molar-refractivity contribution in [2.75, 3.05) is 11.0 Å². The van der Waals surface area contributed by atoms with E-state index in [2.05, 4.69) is 34.8 Å². The zero-order chi connectivity index (χ0) is 10.8. The fourth-order valence-electron chi connectivity index (χ4n) is 1.35. The molecule has 0 saturated carbocycles. The quantitative estimate of drug-likeness (QED) is 0.416. The molecule has 0 aromatic heterocycles. The normalized spacial score (nSPS) is 12.5. The summed E-state index contributed by atoms with van der Waals surface area (Å²) in [5.74, 6) is 0.408. The van der Waals surface area contributed by atoms with E-state index in [1.165, 1.54) is 17.3 Å². The van der Waals surface area contributed by atoms with Crippen molar-refractivity contribution >= 4 is 28.5 Å². The molecule has 0 aliphatic heterocycles. The van der Waals surface area contributed by atoms with Gasteiger partial charge >= 0.3 is 0 Å². The fourth-order valence-corrected chi connectivity index (χ4v) is 1.89. The average Bonchev–Trinajstić information content (AvgIpc) is 2.17. The van der Waals surface area contributed by atoms with Crippen LogP contribution in [-0.4, -0.2) is 16.9 Å². The predicted octanol–water partition coefficient (Wildman–Crippen LogP) is 3.14. The van der Waals surface area contributed by atoms with Crippen molar-refractivity contribution in [3.8, 4) is 0 Å². The molecule has 1 unspecified atom stereocenters. The van der Waals surface area contributed by atoms with Crippen LogP contribution in [0.1, 0.15) is 46.0 Å². The summed E-state index contributed by atoms with van der Waals surface area (Å²) in [5.41, 5.74) is 0. The summed E-state index contributed by atoms with van der Waals surface area (Å²) in [6.07, 6.45) is 5.70. The Balaban J connectivity index is 3.34. The van der Waals surface area contributed by atoms with E-state index in [1.807, 2.05) is 6.92 Å². The molecule has 0 aliphatic carbocycles. The topological polar surface area (TPSA) is 29.1 Å². The van der Waals surface area contributed by atoms with Crippen LogP contribution in [0, 0.1) is 5.92 Å². The third-order valence-corrected chi connectivity index (χ3v) is 3.04. The molecule has 0 fully saturated rings. The smallest absolute Gasteiger partial charge is 0.222 e. The number of rotatable bonds is 8. The Morgan fingerprint density at radius 2 is 2.07 bits per heavy atom. The second-order valence-electron chi connectivity index (χ2n) is 3.73. The molecule has 0 heterocycles. The molecule has 0 rings (SSSR count). The molecule has 2 nitrogen and oxygen atoms in total. The van der Waals surface area contributed by atoms with Gasteiger partial charge in [-0.2, -0.15) is 0 Å². The minimum atomic E-state index is 0.185. The zero-order valence-electron chi connectivity index (χ0n) is 9.31. The van der Waals surface area contributed by atoms with Gasteiger partial charge in [-0.1, -0.05) is 49.3 Å². The van der Waals surface area contributed by atoms with Gasteiger partial charge in [0.05, 0.1) is 0 Å². The fraction of sp³-hybridized carbons (Fsp3) is 0.909. The van der Waals surface area contributed by atoms with E-state index < -0.39 is 0 Å². The summed E-state index contributed by atoms with van der Waals surface area (Å²) < 4.78 is 1.22. The standard InChI is InChI=1S/C11H22INO/c1-3-7-10(2)11(14)13-9-6-4-5-8-12/h10H,3-9H2,1-2H3,(H,13,14). The first-order valence-corrected chi connectivity index (χ1v) is 7.08. The Labute approximate surface area is 101 Å². The highest BCUT2D eigenvalue weighted by molar-refractivity contribution is 14.1. The minimum Gasteiger partial charge on any atom is -0.356 e. The third-order valence-electron chi connectivity index (χ3n) is 2.28. The molecule has 0 bridgehead atoms. The third kappa shape index (κ3) is 7.59. The van der Waals surface area contributed by atoms with E-state index >= 15 is 0 Å². The Morgan fingerprint density at radius 3 is 2.64 bits per heavy atom. The van der Waals surface area contributed by atoms with Crippen molar-refractivity contribution < 1.29 is 4.79 Å². The monoisotopic (exact) mass is 311 g/mol. The Hall–Kier alpha value is 0.200. The van der Waals surface area contributed by atoms with Crippen molar-refractivity contribution in [2.24, 2.45) is 5.92 Å². The second kappa shape index (κ2) is 9.74. The van der Waals surface area contributed by atoms with Crippen molar-refractivity contribution in [3.05, 3.63) is 0 Å². The van der Waals surface area contributed by atoms with E-state index in [9.17, 15) is 4.79 Å². The lowest BCUT2D eigenvalue weighted by molar-refractivity contribution is -0.124. The molecule has 0 aliphatic rings. The molecule has 0 saturated heterocycles. The van der Waals surface area contributed by atoms with Crippen molar-refractivity contribution in [1.82, 2.24) is 5.32 Å². The van der Waals surface area contributed by atoms with Crippen LogP contribution in [0.25, 0.3) is 0 Å². The number of hydrogen-bond donors (Lipinski definition) is 1. The minimum absolute atomic E-state index is 0.185. The van der Waals surface area contributed by atoms with Crippen molar-refractivity contribution in [1.29, 1.82) is 0 Å². The van der Waals surface area contributed by atoms with Crippen LogP contribution < -0.4 is 5.32 Å². The zero-order valence-corrected chi connectivity index (χ0v) is 11.5. The second-order valence-corrected chi connectivity index (χ2v) is 4.81. The van der Waals surface area contributed by atoms with Gasteiger partial charge < -0.3 is 5.32 Å². The van der Waals surface area contributed by atoms with Crippen molar-refractivity contribution in [3.63, 3.8) is 0 Å². The van der Waals surface area contributed by atoms with Gasteiger partial charge in [-0.3, -0.25) is 4.79 Å². The molecule has 0 aromatic rings. The van der Waals surface area contributed by atoms with Crippen molar-refractivity contribution in [2.45, 2.75) is 46.0 Å². The summed E-state index contributed by atoms with van der Waals surface area (Å²) in [6, 6.07) is 0. The Bertz CT molecular complexity index is 150. The summed E-state index contributed by atoms with van der Waals surface area (Å²) >= 11 is 2.39. The van der Waals surface area contributed by atoms with Crippen LogP contribution in [0.4, 0.5) is 0 Å². The van der Waals surface area contributed by atoms with E-state index in [-0.39, 0.29) is 11.8 Å². The van der Waals surface area contributed by atoms with E-state index in [1.54, 1.807) is 0 Å². The largest absolute Gasteiger partial charge is 0.356 e. The molecular formula is C11H22INO. The molecule has 0 spiro atoms. The van der Waals surface area contributed by atoms with Crippen LogP contribution in [0.5, 0.6) is 0 Å². The van der Waals surface area contributed by atoms with Crippen LogP contribution in [0.2, 0.25) is 0 Å². The van der Waals surface area contributed by atoms with Gasteiger partial charge in [0.1, 0.15) is 0 Å². The van der Waals surface area contributed by atoms with E-state index in [0.717, 1.165) is 25.8 Å². The molecule has 1 N–H and O–H groups in total. The van der Waals surface area contributed by atoms with Crippen LogP contribution in [0.3, 0.4) is 0 Å². The number of carbonyl (C=O) groups is 1. The predicted molar refractivity (Wildman–Crippen MR) is 69.8 cm³/mol. The maximum Gasteiger partial charge on any atom is 0.222 e. The molecule has 14 heavy (non-hydrogen) atoms. The molecule has 0 radical (unpaired) electrons. The number of alkyl halides is 1. The number of nitrogens with one attached hydrogen (secondary N) is 1. The SMILES string of the molecule is CCCC(C)C(=O)NCCCCCI. The van der Waals surface area contributed by atoms with Gasteiger partial charge in [0.15, 0.2) is 0 Å². The first-order chi connectivity index (χ1) is 6.72. The molecule has 1 atom stereocenters. The van der Waals surface area contributed by atoms with Gasteiger partial charge in [0.2, 0.25) is 5.91 Å². The highest BCUT2D eigenvalue weighted by Gasteiger charge is 2.09. The number of amides is 1. The lowest BCUT2D eigenvalue weighted by atomic mass is 10.1. The van der Waals surface area contributed by atoms with Gasteiger partial charge in [-0.25, -0.2) is 0 Å². The first kappa shape index (κ1) is 14.2. The molecule has 3 heteroatoms. The van der Waals surface area contributed by atoms with Gasteiger partial charge in [-0.05, 0) is 23.7 Å². The summed E-state index contributed by atoms with van der Waals surface area (Å²) in [4.78, 5) is 11.5. The summed E-state index contributed by atoms with van der Waals surface area (Å²) in [6.45, 7) is 4.97. The van der Waals surface area contributed by atoms with E-state index in [4.69, 9.17) is 0 Å². The van der Waals surface area contributed by atoms with Gasteiger partial charge in [0, 0.05) is 12.5 Å². The number of carbonyl (C=O) groups excluding carboxylic acids is 1.